The summed E-state index contributed by atoms with van der Waals surface area (Å²) in [4.78, 5) is 0. The fourth-order valence-corrected chi connectivity index (χ4v) is 7.20. The third-order valence-electron chi connectivity index (χ3n) is 9.35. The molecule has 1 aromatic heterocycles. The summed E-state index contributed by atoms with van der Waals surface area (Å²) >= 11 is 0. The number of aromatic nitrogens is 1. The van der Waals surface area contributed by atoms with Crippen molar-refractivity contribution in [3.63, 3.8) is 0 Å². The van der Waals surface area contributed by atoms with Crippen LogP contribution in [0.25, 0.3) is 10.9 Å². The number of nitrogens with two attached hydrogens (primary N) is 1. The van der Waals surface area contributed by atoms with Crippen LogP contribution in [0.1, 0.15) is 113 Å². The van der Waals surface area contributed by atoms with E-state index in [2.05, 4.69) is 22.1 Å². The van der Waals surface area contributed by atoms with E-state index in [0.29, 0.717) is 42.3 Å². The van der Waals surface area contributed by atoms with Crippen molar-refractivity contribution in [2.75, 3.05) is 6.54 Å². The minimum absolute atomic E-state index is 0.0377. The molecule has 1 aromatic carbocycles. The van der Waals surface area contributed by atoms with Crippen molar-refractivity contribution in [1.29, 1.82) is 5.26 Å². The highest BCUT2D eigenvalue weighted by Crippen LogP contribution is 2.45. The first-order valence-corrected chi connectivity index (χ1v) is 14.3. The van der Waals surface area contributed by atoms with Gasteiger partial charge in [-0.25, -0.2) is 8.78 Å². The minimum atomic E-state index is -2.53. The van der Waals surface area contributed by atoms with E-state index >= 15 is 0 Å². The number of alkyl halides is 2. The summed E-state index contributed by atoms with van der Waals surface area (Å²) in [7, 11) is 0. The van der Waals surface area contributed by atoms with E-state index < -0.39 is 5.92 Å². The van der Waals surface area contributed by atoms with E-state index in [1.807, 2.05) is 18.2 Å². The smallest absolute Gasteiger partial charge is 0.248 e. The molecule has 0 saturated heterocycles. The largest absolute Gasteiger partial charge is 0.344 e. The zero-order valence-corrected chi connectivity index (χ0v) is 21.5. The molecule has 1 unspecified atom stereocenters. The van der Waals surface area contributed by atoms with Crippen LogP contribution in [0.3, 0.4) is 0 Å². The number of fused-ring (bicyclic) bond motifs is 1. The lowest BCUT2D eigenvalue weighted by Crippen LogP contribution is -2.38. The van der Waals surface area contributed by atoms with Crippen molar-refractivity contribution < 1.29 is 8.78 Å². The zero-order chi connectivity index (χ0) is 25.1. The predicted octanol–water partition coefficient (Wildman–Crippen LogP) is 7.18. The lowest BCUT2D eigenvalue weighted by atomic mass is 9.75. The maximum Gasteiger partial charge on any atom is 0.248 e. The fraction of sp³-hybridized carbons (Fsp3) is 0.700. The molecule has 3 fully saturated rings. The molecule has 1 heterocycles. The second-order valence-electron chi connectivity index (χ2n) is 11.8. The molecule has 3 aliphatic rings. The van der Waals surface area contributed by atoms with E-state index in [-0.39, 0.29) is 18.9 Å². The first-order chi connectivity index (χ1) is 17.4. The highest BCUT2D eigenvalue weighted by Gasteiger charge is 2.36. The standard InChI is InChI=1S/C30H42F2N4/c31-30(32)15-12-25(13-16-30)36-20-28(27-18-21(19-33)6-11-29(27)36)26(22-4-2-1-3-5-22)14-17-35-24-9-7-23(34)8-10-24/h6,11,18,20,22-26,35H,1-5,7-10,12-17,34H2. The Labute approximate surface area is 214 Å². The molecule has 1 atom stereocenters. The molecule has 3 N–H and O–H groups in total. The Morgan fingerprint density at radius 3 is 2.44 bits per heavy atom. The van der Waals surface area contributed by atoms with Gasteiger partial charge in [0.15, 0.2) is 0 Å². The topological polar surface area (TPSA) is 66.8 Å². The van der Waals surface area contributed by atoms with Crippen LogP contribution in [-0.2, 0) is 0 Å². The van der Waals surface area contributed by atoms with Gasteiger partial charge in [0.25, 0.3) is 0 Å². The Morgan fingerprint density at radius 2 is 1.75 bits per heavy atom. The molecule has 196 valence electrons. The summed E-state index contributed by atoms with van der Waals surface area (Å²) < 4.78 is 30.2. The highest BCUT2D eigenvalue weighted by atomic mass is 19.3. The summed E-state index contributed by atoms with van der Waals surface area (Å²) in [5.74, 6) is -1.47. The Hall–Kier alpha value is -1.97. The number of benzene rings is 1. The summed E-state index contributed by atoms with van der Waals surface area (Å²) in [5.41, 5.74) is 9.22. The van der Waals surface area contributed by atoms with Crippen LogP contribution in [-0.4, -0.2) is 29.1 Å². The molecule has 6 heteroatoms. The Kier molecular flexibility index (Phi) is 7.98. The Bertz CT molecular complexity index is 1050. The van der Waals surface area contributed by atoms with Crippen molar-refractivity contribution in [3.8, 4) is 6.07 Å². The van der Waals surface area contributed by atoms with Crippen molar-refractivity contribution >= 4 is 10.9 Å². The van der Waals surface area contributed by atoms with Crippen LogP contribution < -0.4 is 11.1 Å². The fourth-order valence-electron chi connectivity index (χ4n) is 7.20. The van der Waals surface area contributed by atoms with Gasteiger partial charge in [-0.1, -0.05) is 19.3 Å². The average Bonchev–Trinajstić information content (AvgIpc) is 3.26. The minimum Gasteiger partial charge on any atom is -0.344 e. The molecular weight excluding hydrogens is 454 g/mol. The number of halogens is 2. The van der Waals surface area contributed by atoms with Gasteiger partial charge in [-0.3, -0.25) is 0 Å². The SMILES string of the molecule is N#Cc1ccc2c(c1)c(C(CCNC1CCC(N)CC1)C1CCCCC1)cn2C1CCC(F)(F)CC1. The first-order valence-electron chi connectivity index (χ1n) is 14.3. The summed E-state index contributed by atoms with van der Waals surface area (Å²) in [6.45, 7) is 0.987. The molecule has 5 rings (SSSR count). The number of nitrogens with zero attached hydrogens (tertiary/aromatic N) is 2. The number of hydrogen-bond donors (Lipinski definition) is 2. The van der Waals surface area contributed by atoms with Crippen LogP contribution in [0.15, 0.2) is 24.4 Å². The van der Waals surface area contributed by atoms with Crippen molar-refractivity contribution in [3.05, 3.63) is 35.5 Å². The van der Waals surface area contributed by atoms with Crippen LogP contribution in [0.4, 0.5) is 8.78 Å². The van der Waals surface area contributed by atoms with Crippen molar-refractivity contribution in [2.24, 2.45) is 11.7 Å². The maximum atomic E-state index is 13.9. The molecule has 3 aliphatic carbocycles. The normalized spacial score (nSPS) is 26.6. The highest BCUT2D eigenvalue weighted by molar-refractivity contribution is 5.86. The van der Waals surface area contributed by atoms with Crippen LogP contribution in [0.2, 0.25) is 0 Å². The summed E-state index contributed by atoms with van der Waals surface area (Å²) in [5, 5.41) is 14.6. The van der Waals surface area contributed by atoms with E-state index in [9.17, 15) is 14.0 Å². The van der Waals surface area contributed by atoms with Crippen LogP contribution in [0, 0.1) is 17.2 Å². The molecular formula is C30H42F2N4. The Morgan fingerprint density at radius 1 is 1.03 bits per heavy atom. The summed E-state index contributed by atoms with van der Waals surface area (Å²) in [6.07, 6.45) is 15.2. The van der Waals surface area contributed by atoms with Gasteiger partial charge >= 0.3 is 0 Å². The van der Waals surface area contributed by atoms with Gasteiger partial charge in [0.2, 0.25) is 5.92 Å². The lowest BCUT2D eigenvalue weighted by Gasteiger charge is -2.32. The monoisotopic (exact) mass is 496 g/mol. The third kappa shape index (κ3) is 5.78. The number of nitriles is 1. The third-order valence-corrected chi connectivity index (χ3v) is 9.35. The van der Waals surface area contributed by atoms with Crippen molar-refractivity contribution in [2.45, 2.75) is 120 Å². The quantitative estimate of drug-likeness (QED) is 0.427. The maximum absolute atomic E-state index is 13.9. The molecule has 0 spiro atoms. The molecule has 36 heavy (non-hydrogen) atoms. The average molecular weight is 497 g/mol. The molecule has 0 bridgehead atoms. The summed E-state index contributed by atoms with van der Waals surface area (Å²) in [6, 6.07) is 9.32. The number of hydrogen-bond acceptors (Lipinski definition) is 3. The molecule has 0 aliphatic heterocycles. The van der Waals surface area contributed by atoms with E-state index in [1.54, 1.807) is 0 Å². The van der Waals surface area contributed by atoms with Gasteiger partial charge in [0, 0.05) is 48.1 Å². The molecule has 2 aromatic rings. The van der Waals surface area contributed by atoms with Crippen LogP contribution >= 0.6 is 0 Å². The second kappa shape index (κ2) is 11.2. The van der Waals surface area contributed by atoms with Gasteiger partial charge in [-0.15, -0.1) is 0 Å². The van der Waals surface area contributed by atoms with Gasteiger partial charge in [-0.05, 0) is 99.9 Å². The number of nitrogens with one attached hydrogen (secondary N) is 1. The van der Waals surface area contributed by atoms with Gasteiger partial charge in [0.05, 0.1) is 11.6 Å². The molecule has 3 saturated carbocycles. The second-order valence-corrected chi connectivity index (χ2v) is 11.8. The van der Waals surface area contributed by atoms with E-state index in [1.165, 1.54) is 37.7 Å². The van der Waals surface area contributed by atoms with Gasteiger partial charge < -0.3 is 15.6 Å². The van der Waals surface area contributed by atoms with E-state index in [4.69, 9.17) is 5.73 Å². The van der Waals surface area contributed by atoms with Crippen LogP contribution in [0.5, 0.6) is 0 Å². The lowest BCUT2D eigenvalue weighted by molar-refractivity contribution is -0.0435. The van der Waals surface area contributed by atoms with E-state index in [0.717, 1.165) is 49.6 Å². The first kappa shape index (κ1) is 25.7. The van der Waals surface area contributed by atoms with Crippen molar-refractivity contribution in [1.82, 2.24) is 9.88 Å². The molecule has 4 nitrogen and oxygen atoms in total. The predicted molar refractivity (Wildman–Crippen MR) is 141 cm³/mol. The Balaban J connectivity index is 1.43. The molecule has 0 amide bonds. The zero-order valence-electron chi connectivity index (χ0n) is 21.5. The van der Waals surface area contributed by atoms with Gasteiger partial charge in [-0.2, -0.15) is 5.26 Å². The molecule has 0 radical (unpaired) electrons. The number of rotatable bonds is 7. The van der Waals surface area contributed by atoms with Gasteiger partial charge in [0.1, 0.15) is 0 Å².